The van der Waals surface area contributed by atoms with Crippen molar-refractivity contribution in [3.8, 4) is 5.75 Å². The van der Waals surface area contributed by atoms with Crippen molar-refractivity contribution in [3.05, 3.63) is 59.9 Å². The number of hydrogen-bond acceptors (Lipinski definition) is 3. The quantitative estimate of drug-likeness (QED) is 0.871. The van der Waals surface area contributed by atoms with E-state index in [-0.39, 0.29) is 17.0 Å². The minimum atomic E-state index is -0.260. The number of rotatable bonds is 6. The summed E-state index contributed by atoms with van der Waals surface area (Å²) in [5.74, 6) is 0.839. The molecule has 2 aromatic rings. The third-order valence-corrected chi connectivity index (χ3v) is 4.34. The summed E-state index contributed by atoms with van der Waals surface area (Å²) in [5, 5.41) is 2.59. The Balaban J connectivity index is 1.92. The molecule has 0 saturated carbocycles. The first kappa shape index (κ1) is 16.4. The van der Waals surface area contributed by atoms with Crippen molar-refractivity contribution < 1.29 is 13.9 Å². The first-order chi connectivity index (χ1) is 10.6. The molecule has 116 valence electrons. The van der Waals surface area contributed by atoms with E-state index in [9.17, 15) is 9.18 Å². The van der Waals surface area contributed by atoms with Gasteiger partial charge in [0.2, 0.25) is 5.91 Å². The van der Waals surface area contributed by atoms with E-state index in [1.165, 1.54) is 23.9 Å². The zero-order valence-corrected chi connectivity index (χ0v) is 13.3. The van der Waals surface area contributed by atoms with Gasteiger partial charge in [0, 0.05) is 5.75 Å². The lowest BCUT2D eigenvalue weighted by Gasteiger charge is -2.14. The van der Waals surface area contributed by atoms with Crippen LogP contribution in [0.1, 0.15) is 12.5 Å². The van der Waals surface area contributed by atoms with E-state index >= 15 is 0 Å². The molecule has 0 bridgehead atoms. The fraction of sp³-hybridized carbons (Fsp3) is 0.235. The lowest BCUT2D eigenvalue weighted by molar-refractivity contribution is -0.115. The number of hydrogen-bond donors (Lipinski definition) is 1. The molecule has 0 saturated heterocycles. The van der Waals surface area contributed by atoms with Crippen LogP contribution in [0.2, 0.25) is 0 Å². The van der Waals surface area contributed by atoms with E-state index in [1.54, 1.807) is 25.3 Å². The first-order valence-corrected chi connectivity index (χ1v) is 7.95. The SMILES string of the molecule is COc1ccccc1NC(=O)[C@H](C)SCc1cccc(F)c1. The Labute approximate surface area is 133 Å². The molecule has 0 unspecified atom stereocenters. The van der Waals surface area contributed by atoms with Gasteiger partial charge >= 0.3 is 0 Å². The second kappa shape index (κ2) is 7.84. The fourth-order valence-corrected chi connectivity index (χ4v) is 2.74. The van der Waals surface area contributed by atoms with Gasteiger partial charge in [0.15, 0.2) is 0 Å². The lowest BCUT2D eigenvalue weighted by Crippen LogP contribution is -2.22. The van der Waals surface area contributed by atoms with Crippen molar-refractivity contribution in [2.45, 2.75) is 17.9 Å². The molecule has 0 aliphatic heterocycles. The molecule has 0 aliphatic rings. The van der Waals surface area contributed by atoms with Crippen LogP contribution in [0.5, 0.6) is 5.75 Å². The molecule has 2 aromatic carbocycles. The van der Waals surface area contributed by atoms with Gasteiger partial charge in [-0.2, -0.15) is 0 Å². The number of thioether (sulfide) groups is 1. The van der Waals surface area contributed by atoms with Crippen LogP contribution < -0.4 is 10.1 Å². The zero-order valence-electron chi connectivity index (χ0n) is 12.5. The van der Waals surface area contributed by atoms with Crippen molar-refractivity contribution in [1.82, 2.24) is 0 Å². The molecule has 3 nitrogen and oxygen atoms in total. The number of methoxy groups -OCH3 is 1. The van der Waals surface area contributed by atoms with Gasteiger partial charge < -0.3 is 10.1 Å². The topological polar surface area (TPSA) is 38.3 Å². The molecule has 1 amide bonds. The summed E-state index contributed by atoms with van der Waals surface area (Å²) in [6.07, 6.45) is 0. The van der Waals surface area contributed by atoms with Gasteiger partial charge in [0.25, 0.3) is 0 Å². The molecule has 5 heteroatoms. The van der Waals surface area contributed by atoms with Crippen LogP contribution in [-0.4, -0.2) is 18.3 Å². The maximum absolute atomic E-state index is 13.1. The number of carbonyl (C=O) groups is 1. The molecule has 1 atom stereocenters. The highest BCUT2D eigenvalue weighted by Gasteiger charge is 2.15. The monoisotopic (exact) mass is 319 g/mol. The van der Waals surface area contributed by atoms with Crippen LogP contribution in [0.25, 0.3) is 0 Å². The van der Waals surface area contributed by atoms with Gasteiger partial charge in [-0.1, -0.05) is 24.3 Å². The maximum atomic E-state index is 13.1. The summed E-state index contributed by atoms with van der Waals surface area (Å²) < 4.78 is 18.3. The normalized spacial score (nSPS) is 11.8. The highest BCUT2D eigenvalue weighted by Crippen LogP contribution is 2.25. The predicted octanol–water partition coefficient (Wildman–Crippen LogP) is 4.09. The second-order valence-corrected chi connectivity index (χ2v) is 6.10. The minimum absolute atomic E-state index is 0.106. The maximum Gasteiger partial charge on any atom is 0.237 e. The largest absolute Gasteiger partial charge is 0.495 e. The average Bonchev–Trinajstić information content (AvgIpc) is 2.53. The number of ether oxygens (including phenoxy) is 1. The smallest absolute Gasteiger partial charge is 0.237 e. The Morgan fingerprint density at radius 2 is 2.05 bits per heavy atom. The number of nitrogens with one attached hydrogen (secondary N) is 1. The first-order valence-electron chi connectivity index (χ1n) is 6.90. The number of carbonyl (C=O) groups excluding carboxylic acids is 1. The highest BCUT2D eigenvalue weighted by atomic mass is 32.2. The van der Waals surface area contributed by atoms with Gasteiger partial charge in [-0.15, -0.1) is 11.8 Å². The van der Waals surface area contributed by atoms with E-state index in [0.717, 1.165) is 5.56 Å². The van der Waals surface area contributed by atoms with E-state index < -0.39 is 0 Å². The highest BCUT2D eigenvalue weighted by molar-refractivity contribution is 7.99. The third kappa shape index (κ3) is 4.49. The third-order valence-electron chi connectivity index (χ3n) is 3.12. The van der Waals surface area contributed by atoms with Crippen LogP contribution in [0.15, 0.2) is 48.5 Å². The van der Waals surface area contributed by atoms with Gasteiger partial charge in [-0.25, -0.2) is 4.39 Å². The molecule has 0 aromatic heterocycles. The molecule has 0 heterocycles. The van der Waals surface area contributed by atoms with Crippen LogP contribution in [0.3, 0.4) is 0 Å². The van der Waals surface area contributed by atoms with Gasteiger partial charge in [-0.05, 0) is 36.8 Å². The van der Waals surface area contributed by atoms with Gasteiger partial charge in [-0.3, -0.25) is 4.79 Å². The van der Waals surface area contributed by atoms with Crippen molar-refractivity contribution in [3.63, 3.8) is 0 Å². The average molecular weight is 319 g/mol. The molecular weight excluding hydrogens is 301 g/mol. The van der Waals surface area contributed by atoms with Gasteiger partial charge in [0.1, 0.15) is 11.6 Å². The van der Waals surface area contributed by atoms with Crippen LogP contribution in [0.4, 0.5) is 10.1 Å². The zero-order chi connectivity index (χ0) is 15.9. The Kier molecular flexibility index (Phi) is 5.83. The molecule has 0 fully saturated rings. The predicted molar refractivity (Wildman–Crippen MR) is 88.8 cm³/mol. The van der Waals surface area contributed by atoms with Crippen LogP contribution >= 0.6 is 11.8 Å². The molecule has 2 rings (SSSR count). The molecule has 0 aliphatic carbocycles. The molecular formula is C17H18FNO2S. The van der Waals surface area contributed by atoms with Crippen molar-refractivity contribution in [2.24, 2.45) is 0 Å². The number of para-hydroxylation sites is 2. The van der Waals surface area contributed by atoms with E-state index in [4.69, 9.17) is 4.74 Å². The fourth-order valence-electron chi connectivity index (χ4n) is 1.91. The standard InChI is InChI=1S/C17H18FNO2S/c1-12(22-11-13-6-5-7-14(18)10-13)17(20)19-15-8-3-4-9-16(15)21-2/h3-10,12H,11H2,1-2H3,(H,19,20)/t12-/m0/s1. The Hall–Kier alpha value is -2.01. The second-order valence-electron chi connectivity index (χ2n) is 4.77. The van der Waals surface area contributed by atoms with E-state index in [0.29, 0.717) is 17.2 Å². The van der Waals surface area contributed by atoms with Crippen LogP contribution in [-0.2, 0) is 10.5 Å². The van der Waals surface area contributed by atoms with Crippen molar-refractivity contribution >= 4 is 23.4 Å². The Morgan fingerprint density at radius 1 is 1.27 bits per heavy atom. The number of benzene rings is 2. The van der Waals surface area contributed by atoms with Gasteiger partial charge in [0.05, 0.1) is 18.0 Å². The Morgan fingerprint density at radius 3 is 2.77 bits per heavy atom. The Bertz CT molecular complexity index is 648. The molecule has 1 N–H and O–H groups in total. The summed E-state index contributed by atoms with van der Waals surface area (Å²) in [7, 11) is 1.56. The molecule has 0 spiro atoms. The summed E-state index contributed by atoms with van der Waals surface area (Å²) >= 11 is 1.46. The number of amides is 1. The lowest BCUT2D eigenvalue weighted by atomic mass is 10.2. The van der Waals surface area contributed by atoms with E-state index in [2.05, 4.69) is 5.32 Å². The number of anilines is 1. The van der Waals surface area contributed by atoms with E-state index in [1.807, 2.05) is 25.1 Å². The van der Waals surface area contributed by atoms with Crippen molar-refractivity contribution in [1.29, 1.82) is 0 Å². The van der Waals surface area contributed by atoms with Crippen LogP contribution in [0, 0.1) is 5.82 Å². The molecule has 22 heavy (non-hydrogen) atoms. The summed E-state index contributed by atoms with van der Waals surface area (Å²) in [5.41, 5.74) is 1.51. The summed E-state index contributed by atoms with van der Waals surface area (Å²) in [6, 6.07) is 13.7. The summed E-state index contributed by atoms with van der Waals surface area (Å²) in [6.45, 7) is 1.83. The van der Waals surface area contributed by atoms with Crippen molar-refractivity contribution in [2.75, 3.05) is 12.4 Å². The molecule has 0 radical (unpaired) electrons. The summed E-state index contributed by atoms with van der Waals surface area (Å²) in [4.78, 5) is 12.2. The number of halogens is 1. The minimum Gasteiger partial charge on any atom is -0.495 e.